The Bertz CT molecular complexity index is 560. The SMILES string of the molecule is COc1cc(N2CC(=O)NC(CC(C)C)C2=O)ccc1F. The Balaban J connectivity index is 2.29. The summed E-state index contributed by atoms with van der Waals surface area (Å²) in [6, 6.07) is 3.59. The third-order valence-corrected chi connectivity index (χ3v) is 3.35. The number of halogens is 1. The molecule has 1 aliphatic rings. The van der Waals surface area contributed by atoms with E-state index in [1.807, 2.05) is 13.8 Å². The molecule has 1 unspecified atom stereocenters. The van der Waals surface area contributed by atoms with Gasteiger partial charge in [-0.1, -0.05) is 13.8 Å². The van der Waals surface area contributed by atoms with Crippen LogP contribution in [0.15, 0.2) is 18.2 Å². The molecule has 1 aliphatic heterocycles. The maximum atomic E-state index is 13.5. The standard InChI is InChI=1S/C15H19FN2O3/c1-9(2)6-12-15(20)18(8-14(19)17-12)10-4-5-11(16)13(7-10)21-3/h4-5,7,9,12H,6,8H2,1-3H3,(H,17,19). The topological polar surface area (TPSA) is 58.6 Å². The molecule has 2 amide bonds. The second kappa shape index (κ2) is 6.11. The maximum Gasteiger partial charge on any atom is 0.250 e. The van der Waals surface area contributed by atoms with Crippen molar-refractivity contribution in [3.05, 3.63) is 24.0 Å². The van der Waals surface area contributed by atoms with Crippen molar-refractivity contribution >= 4 is 17.5 Å². The molecule has 0 spiro atoms. The van der Waals surface area contributed by atoms with E-state index in [-0.39, 0.29) is 30.0 Å². The first-order valence-corrected chi connectivity index (χ1v) is 6.86. The first kappa shape index (κ1) is 15.3. The van der Waals surface area contributed by atoms with Gasteiger partial charge >= 0.3 is 0 Å². The molecule has 114 valence electrons. The Morgan fingerprint density at radius 3 is 2.76 bits per heavy atom. The van der Waals surface area contributed by atoms with Crippen LogP contribution in [0.4, 0.5) is 10.1 Å². The molecule has 0 aliphatic carbocycles. The van der Waals surface area contributed by atoms with Gasteiger partial charge in [0.05, 0.1) is 7.11 Å². The Kier molecular flexibility index (Phi) is 4.45. The lowest BCUT2D eigenvalue weighted by molar-refractivity contribution is -0.131. The predicted molar refractivity (Wildman–Crippen MR) is 76.7 cm³/mol. The van der Waals surface area contributed by atoms with Gasteiger partial charge in [-0.05, 0) is 24.5 Å². The summed E-state index contributed by atoms with van der Waals surface area (Å²) >= 11 is 0. The van der Waals surface area contributed by atoms with Crippen LogP contribution in [0.3, 0.4) is 0 Å². The molecule has 5 nitrogen and oxygen atoms in total. The van der Waals surface area contributed by atoms with Gasteiger partial charge in [-0.25, -0.2) is 4.39 Å². The molecule has 1 atom stereocenters. The first-order valence-electron chi connectivity index (χ1n) is 6.86. The maximum absolute atomic E-state index is 13.5. The molecule has 1 N–H and O–H groups in total. The number of hydrogen-bond donors (Lipinski definition) is 1. The summed E-state index contributed by atoms with van der Waals surface area (Å²) in [5, 5.41) is 2.70. The molecular formula is C15H19FN2O3. The zero-order valence-corrected chi connectivity index (χ0v) is 12.4. The minimum absolute atomic E-state index is 0.0479. The Morgan fingerprint density at radius 2 is 2.14 bits per heavy atom. The number of piperazine rings is 1. The number of hydrogen-bond acceptors (Lipinski definition) is 3. The fourth-order valence-corrected chi connectivity index (χ4v) is 2.38. The summed E-state index contributed by atoms with van der Waals surface area (Å²) in [4.78, 5) is 25.6. The van der Waals surface area contributed by atoms with Crippen molar-refractivity contribution in [2.75, 3.05) is 18.6 Å². The molecule has 0 bridgehead atoms. The Hall–Kier alpha value is -2.11. The van der Waals surface area contributed by atoms with E-state index in [1.54, 1.807) is 0 Å². The minimum atomic E-state index is -0.540. The lowest BCUT2D eigenvalue weighted by Crippen LogP contribution is -2.58. The van der Waals surface area contributed by atoms with Gasteiger partial charge in [0.15, 0.2) is 11.6 Å². The van der Waals surface area contributed by atoms with Crippen molar-refractivity contribution in [1.29, 1.82) is 0 Å². The number of ether oxygens (including phenoxy) is 1. The van der Waals surface area contributed by atoms with E-state index in [0.717, 1.165) is 0 Å². The minimum Gasteiger partial charge on any atom is -0.494 e. The number of rotatable bonds is 4. The molecule has 0 aromatic heterocycles. The highest BCUT2D eigenvalue weighted by Gasteiger charge is 2.34. The van der Waals surface area contributed by atoms with Crippen LogP contribution in [0.2, 0.25) is 0 Å². The van der Waals surface area contributed by atoms with Crippen molar-refractivity contribution in [3.63, 3.8) is 0 Å². The molecule has 2 rings (SSSR count). The van der Waals surface area contributed by atoms with Crippen molar-refractivity contribution in [2.24, 2.45) is 5.92 Å². The average molecular weight is 294 g/mol. The van der Waals surface area contributed by atoms with E-state index >= 15 is 0 Å². The summed E-state index contributed by atoms with van der Waals surface area (Å²) < 4.78 is 18.4. The van der Waals surface area contributed by atoms with Crippen LogP contribution in [0.1, 0.15) is 20.3 Å². The molecule has 0 radical (unpaired) electrons. The number of amides is 2. The Morgan fingerprint density at radius 1 is 1.43 bits per heavy atom. The van der Waals surface area contributed by atoms with Crippen LogP contribution in [0, 0.1) is 11.7 Å². The third kappa shape index (κ3) is 3.32. The largest absolute Gasteiger partial charge is 0.494 e. The van der Waals surface area contributed by atoms with E-state index in [4.69, 9.17) is 4.74 Å². The van der Waals surface area contributed by atoms with Crippen molar-refractivity contribution < 1.29 is 18.7 Å². The lowest BCUT2D eigenvalue weighted by atomic mass is 10.0. The smallest absolute Gasteiger partial charge is 0.250 e. The van der Waals surface area contributed by atoms with Crippen LogP contribution in [-0.2, 0) is 9.59 Å². The van der Waals surface area contributed by atoms with Crippen LogP contribution in [0.25, 0.3) is 0 Å². The Labute approximate surface area is 123 Å². The molecular weight excluding hydrogens is 275 g/mol. The number of benzene rings is 1. The van der Waals surface area contributed by atoms with Gasteiger partial charge < -0.3 is 15.0 Å². The fourth-order valence-electron chi connectivity index (χ4n) is 2.38. The van der Waals surface area contributed by atoms with Crippen molar-refractivity contribution in [2.45, 2.75) is 26.3 Å². The van der Waals surface area contributed by atoms with Crippen LogP contribution < -0.4 is 15.0 Å². The monoisotopic (exact) mass is 294 g/mol. The molecule has 1 fully saturated rings. The van der Waals surface area contributed by atoms with E-state index in [1.165, 1.54) is 30.2 Å². The molecule has 0 saturated carbocycles. The van der Waals surface area contributed by atoms with Crippen LogP contribution in [-0.4, -0.2) is 31.5 Å². The van der Waals surface area contributed by atoms with E-state index < -0.39 is 11.9 Å². The highest BCUT2D eigenvalue weighted by atomic mass is 19.1. The second-order valence-electron chi connectivity index (χ2n) is 5.49. The van der Waals surface area contributed by atoms with E-state index in [9.17, 15) is 14.0 Å². The molecule has 1 aromatic carbocycles. The summed E-state index contributed by atoms with van der Waals surface area (Å²) in [5.41, 5.74) is 0.460. The zero-order chi connectivity index (χ0) is 15.6. The number of anilines is 1. The van der Waals surface area contributed by atoms with Gasteiger partial charge in [-0.2, -0.15) is 0 Å². The zero-order valence-electron chi connectivity index (χ0n) is 12.4. The van der Waals surface area contributed by atoms with Gasteiger partial charge in [0.25, 0.3) is 0 Å². The third-order valence-electron chi connectivity index (χ3n) is 3.35. The average Bonchev–Trinajstić information content (AvgIpc) is 2.42. The highest BCUT2D eigenvalue weighted by Crippen LogP contribution is 2.26. The van der Waals surface area contributed by atoms with Gasteiger partial charge in [-0.15, -0.1) is 0 Å². The first-order chi connectivity index (χ1) is 9.92. The van der Waals surface area contributed by atoms with Crippen molar-refractivity contribution in [3.8, 4) is 5.75 Å². The van der Waals surface area contributed by atoms with Gasteiger partial charge in [0.2, 0.25) is 11.8 Å². The van der Waals surface area contributed by atoms with E-state index in [0.29, 0.717) is 12.1 Å². The normalized spacial score (nSPS) is 18.9. The van der Waals surface area contributed by atoms with Crippen molar-refractivity contribution in [1.82, 2.24) is 5.32 Å². The number of carbonyl (C=O) groups excluding carboxylic acids is 2. The number of nitrogens with zero attached hydrogens (tertiary/aromatic N) is 1. The lowest BCUT2D eigenvalue weighted by Gasteiger charge is -2.33. The molecule has 21 heavy (non-hydrogen) atoms. The summed E-state index contributed by atoms with van der Waals surface area (Å²) in [5.74, 6) is -0.581. The highest BCUT2D eigenvalue weighted by molar-refractivity contribution is 6.06. The predicted octanol–water partition coefficient (Wildman–Crippen LogP) is 1.71. The molecule has 6 heteroatoms. The van der Waals surface area contributed by atoms with Crippen LogP contribution >= 0.6 is 0 Å². The second-order valence-corrected chi connectivity index (χ2v) is 5.49. The number of nitrogens with one attached hydrogen (secondary N) is 1. The van der Waals surface area contributed by atoms with Gasteiger partial charge in [-0.3, -0.25) is 9.59 Å². The quantitative estimate of drug-likeness (QED) is 0.919. The summed E-state index contributed by atoms with van der Waals surface area (Å²) in [6.07, 6.45) is 0.569. The van der Waals surface area contributed by atoms with Crippen LogP contribution in [0.5, 0.6) is 5.75 Å². The summed E-state index contributed by atoms with van der Waals surface area (Å²) in [6.45, 7) is 3.90. The van der Waals surface area contributed by atoms with Gasteiger partial charge in [0.1, 0.15) is 12.6 Å². The molecule has 1 heterocycles. The fraction of sp³-hybridized carbons (Fsp3) is 0.467. The van der Waals surface area contributed by atoms with E-state index in [2.05, 4.69) is 5.32 Å². The number of carbonyl (C=O) groups is 2. The number of methoxy groups -OCH3 is 1. The molecule has 1 aromatic rings. The van der Waals surface area contributed by atoms with Gasteiger partial charge in [0, 0.05) is 11.8 Å². The molecule has 1 saturated heterocycles. The summed E-state index contributed by atoms with van der Waals surface area (Å²) in [7, 11) is 1.36.